The molecule has 0 saturated heterocycles. The molecule has 4 N–H and O–H groups in total. The molecule has 14 heteroatoms. The smallest absolute Gasteiger partial charge is 0.421 e. The molecule has 1 aliphatic carbocycles. The molecule has 2 aliphatic rings. The van der Waals surface area contributed by atoms with E-state index in [1.54, 1.807) is 30.1 Å². The fraction of sp³-hybridized carbons (Fsp3) is 0.452. The number of aliphatic hydroxyl groups is 1. The average Bonchev–Trinajstić information content (AvgIpc) is 3.30. The third-order valence-corrected chi connectivity index (χ3v) is 9.94. The molecular formula is C31H37F3N5O5P. The van der Waals surface area contributed by atoms with Gasteiger partial charge in [0.05, 0.1) is 30.2 Å². The zero-order chi connectivity index (χ0) is 32.5. The Morgan fingerprint density at radius 1 is 1.13 bits per heavy atom. The maximum atomic E-state index is 14.0. The van der Waals surface area contributed by atoms with Gasteiger partial charge in [-0.2, -0.15) is 18.2 Å². The molecule has 1 saturated carbocycles. The third kappa shape index (κ3) is 7.10. The second kappa shape index (κ2) is 13.4. The monoisotopic (exact) mass is 647 g/mol. The normalized spacial score (nSPS) is 19.6. The Bertz CT molecular complexity index is 1600. The summed E-state index contributed by atoms with van der Waals surface area (Å²) in [6, 6.07) is 8.48. The number of alkyl halides is 3. The minimum atomic E-state index is -4.77. The Morgan fingerprint density at radius 2 is 1.84 bits per heavy atom. The molecule has 1 amide bonds. The SMILES string of the molecule is CCC(Cc1ccc(Nc2nc(Nc3ccc(C4CCC(O)CC4)c4c3C(=O)N(C)C4)ncc2C(F)(F)F)c(OC)c1)[PH](=O)O. The summed E-state index contributed by atoms with van der Waals surface area (Å²) in [4.78, 5) is 32.5. The summed E-state index contributed by atoms with van der Waals surface area (Å²) in [7, 11) is 0.314. The lowest BCUT2D eigenvalue weighted by atomic mass is 9.80. The highest BCUT2D eigenvalue weighted by atomic mass is 31.1. The standard InChI is InChI=1S/C31H37F3N5O5P/c1-4-20(45(42)43)13-17-5-11-24(26(14-17)44-3)36-28-23(31(32,33)34)15-35-30(38-28)37-25-12-10-21(18-6-8-19(40)9-7-18)22-16-39(2)29(41)27(22)25/h5,10-12,14-15,18-20,40,45H,4,6-9,13,16H2,1-3H3,(H,42,43)(H2,35,36,37,38). The fourth-order valence-corrected chi connectivity index (χ4v) is 6.86. The Balaban J connectivity index is 1.47. The van der Waals surface area contributed by atoms with Crippen LogP contribution in [0.3, 0.4) is 0 Å². The van der Waals surface area contributed by atoms with Crippen LogP contribution < -0.4 is 15.4 Å². The first kappa shape index (κ1) is 32.7. The number of carbonyl (C=O) groups is 1. The lowest BCUT2D eigenvalue weighted by molar-refractivity contribution is -0.137. The average molecular weight is 648 g/mol. The van der Waals surface area contributed by atoms with Crippen molar-refractivity contribution in [2.24, 2.45) is 0 Å². The van der Waals surface area contributed by atoms with Crippen LogP contribution in [0.4, 0.5) is 36.3 Å². The van der Waals surface area contributed by atoms with E-state index < -0.39 is 31.2 Å². The van der Waals surface area contributed by atoms with Gasteiger partial charge in [0.1, 0.15) is 17.1 Å². The number of anilines is 4. The highest BCUT2D eigenvalue weighted by molar-refractivity contribution is 7.38. The molecule has 10 nitrogen and oxygen atoms in total. The van der Waals surface area contributed by atoms with Gasteiger partial charge in [0.25, 0.3) is 5.91 Å². The number of nitrogens with zero attached hydrogens (tertiary/aromatic N) is 3. The molecule has 242 valence electrons. The van der Waals surface area contributed by atoms with Crippen molar-refractivity contribution in [3.63, 3.8) is 0 Å². The van der Waals surface area contributed by atoms with Crippen LogP contribution in [0.2, 0.25) is 0 Å². The molecule has 5 rings (SSSR count). The number of nitrogens with one attached hydrogen (secondary N) is 2. The number of hydrogen-bond acceptors (Lipinski definition) is 8. The van der Waals surface area contributed by atoms with E-state index >= 15 is 0 Å². The van der Waals surface area contributed by atoms with E-state index in [2.05, 4.69) is 20.6 Å². The molecule has 2 heterocycles. The van der Waals surface area contributed by atoms with Gasteiger partial charge in [-0.15, -0.1) is 0 Å². The van der Waals surface area contributed by atoms with Gasteiger partial charge < -0.3 is 30.3 Å². The van der Waals surface area contributed by atoms with Gasteiger partial charge in [-0.1, -0.05) is 19.1 Å². The minimum Gasteiger partial charge on any atom is -0.495 e. The number of methoxy groups -OCH3 is 1. The van der Waals surface area contributed by atoms with E-state index in [0.717, 1.165) is 24.0 Å². The molecule has 2 atom stereocenters. The number of halogens is 3. The molecule has 45 heavy (non-hydrogen) atoms. The molecule has 3 aromatic rings. The zero-order valence-corrected chi connectivity index (χ0v) is 26.2. The van der Waals surface area contributed by atoms with E-state index in [-0.39, 0.29) is 35.3 Å². The number of benzene rings is 2. The van der Waals surface area contributed by atoms with Crippen LogP contribution in [0.1, 0.15) is 77.6 Å². The van der Waals surface area contributed by atoms with E-state index in [1.807, 2.05) is 13.0 Å². The Morgan fingerprint density at radius 3 is 2.49 bits per heavy atom. The molecule has 2 aromatic carbocycles. The molecule has 0 radical (unpaired) electrons. The first-order valence-electron chi connectivity index (χ1n) is 14.9. The van der Waals surface area contributed by atoms with Crippen molar-refractivity contribution < 1.29 is 37.3 Å². The van der Waals surface area contributed by atoms with Crippen molar-refractivity contribution in [1.82, 2.24) is 14.9 Å². The van der Waals surface area contributed by atoms with Crippen molar-refractivity contribution in [2.45, 2.75) is 75.9 Å². The highest BCUT2D eigenvalue weighted by Gasteiger charge is 2.37. The number of fused-ring (bicyclic) bond motifs is 1. The number of hydrogen-bond donors (Lipinski definition) is 4. The zero-order valence-electron chi connectivity index (χ0n) is 25.2. The Kier molecular flexibility index (Phi) is 9.71. The largest absolute Gasteiger partial charge is 0.495 e. The summed E-state index contributed by atoms with van der Waals surface area (Å²) < 4.78 is 59.2. The van der Waals surface area contributed by atoms with Crippen LogP contribution in [-0.2, 0) is 23.7 Å². The Hall–Kier alpha value is -3.67. The topological polar surface area (TPSA) is 137 Å². The summed E-state index contributed by atoms with van der Waals surface area (Å²) in [5.41, 5.74) is 2.12. The van der Waals surface area contributed by atoms with E-state index in [1.165, 1.54) is 13.2 Å². The first-order valence-corrected chi connectivity index (χ1v) is 16.3. The van der Waals surface area contributed by atoms with Gasteiger partial charge in [0, 0.05) is 25.4 Å². The minimum absolute atomic E-state index is 0.141. The van der Waals surface area contributed by atoms with E-state index in [9.17, 15) is 32.5 Å². The highest BCUT2D eigenvalue weighted by Crippen LogP contribution is 2.42. The number of ether oxygens (including phenoxy) is 1. The summed E-state index contributed by atoms with van der Waals surface area (Å²) >= 11 is 0. The van der Waals surface area contributed by atoms with Crippen LogP contribution in [0.5, 0.6) is 5.75 Å². The van der Waals surface area contributed by atoms with E-state index in [0.29, 0.717) is 55.2 Å². The van der Waals surface area contributed by atoms with Crippen LogP contribution in [-0.4, -0.2) is 56.7 Å². The van der Waals surface area contributed by atoms with Gasteiger partial charge in [-0.05, 0) is 79.3 Å². The van der Waals surface area contributed by atoms with Gasteiger partial charge >= 0.3 is 6.18 Å². The van der Waals surface area contributed by atoms with E-state index in [4.69, 9.17) is 4.74 Å². The quantitative estimate of drug-likeness (QED) is 0.185. The number of amides is 1. The van der Waals surface area contributed by atoms with Crippen LogP contribution in [0, 0.1) is 0 Å². The van der Waals surface area contributed by atoms with Crippen LogP contribution in [0.25, 0.3) is 0 Å². The maximum absolute atomic E-state index is 14.0. The molecule has 0 bridgehead atoms. The lowest BCUT2D eigenvalue weighted by Crippen LogP contribution is -2.18. The van der Waals surface area contributed by atoms with Gasteiger partial charge in [-0.25, -0.2) is 4.98 Å². The molecule has 0 spiro atoms. The van der Waals surface area contributed by atoms with Crippen LogP contribution >= 0.6 is 8.03 Å². The second-order valence-electron chi connectivity index (χ2n) is 11.6. The third-order valence-electron chi connectivity index (χ3n) is 8.63. The maximum Gasteiger partial charge on any atom is 0.421 e. The number of aliphatic hydroxyl groups excluding tert-OH is 1. The first-order chi connectivity index (χ1) is 21.4. The molecule has 2 unspecified atom stereocenters. The molecule has 1 aromatic heterocycles. The number of aromatic nitrogens is 2. The van der Waals surface area contributed by atoms with Crippen molar-refractivity contribution in [3.05, 3.63) is 64.3 Å². The van der Waals surface area contributed by atoms with Crippen molar-refractivity contribution >= 4 is 37.1 Å². The lowest BCUT2D eigenvalue weighted by Gasteiger charge is -2.27. The van der Waals surface area contributed by atoms with Crippen molar-refractivity contribution in [1.29, 1.82) is 0 Å². The fourth-order valence-electron chi connectivity index (χ4n) is 6.10. The van der Waals surface area contributed by atoms with Crippen molar-refractivity contribution in [3.8, 4) is 5.75 Å². The Labute approximate surface area is 259 Å². The number of carbonyl (C=O) groups excluding carboxylic acids is 1. The second-order valence-corrected chi connectivity index (χ2v) is 13.1. The predicted molar refractivity (Wildman–Crippen MR) is 165 cm³/mol. The molecular weight excluding hydrogens is 610 g/mol. The van der Waals surface area contributed by atoms with Crippen LogP contribution in [0.15, 0.2) is 36.5 Å². The summed E-state index contributed by atoms with van der Waals surface area (Å²) in [5, 5.41) is 15.7. The van der Waals surface area contributed by atoms with Crippen molar-refractivity contribution in [2.75, 3.05) is 24.8 Å². The molecule has 1 aliphatic heterocycles. The number of rotatable bonds is 10. The predicted octanol–water partition coefficient (Wildman–Crippen LogP) is 6.38. The summed E-state index contributed by atoms with van der Waals surface area (Å²) in [5.74, 6) is -0.432. The van der Waals surface area contributed by atoms with Gasteiger partial charge in [0.15, 0.2) is 8.03 Å². The van der Waals surface area contributed by atoms with Gasteiger partial charge in [0.2, 0.25) is 5.95 Å². The molecule has 1 fully saturated rings. The summed E-state index contributed by atoms with van der Waals surface area (Å²) in [6.45, 7) is 2.22. The summed E-state index contributed by atoms with van der Waals surface area (Å²) in [6.07, 6.45) is -0.599. The van der Waals surface area contributed by atoms with Gasteiger partial charge in [-0.3, -0.25) is 9.36 Å².